The van der Waals surface area contributed by atoms with Gasteiger partial charge in [-0.3, -0.25) is 0 Å². The highest BCUT2D eigenvalue weighted by atomic mass is 14.2. The summed E-state index contributed by atoms with van der Waals surface area (Å²) < 4.78 is 170. The molecule has 0 heterocycles. The molecule has 0 aliphatic carbocycles. The highest BCUT2D eigenvalue weighted by Gasteiger charge is 2.19. The van der Waals surface area contributed by atoms with Crippen LogP contribution >= 0.6 is 0 Å². The zero-order valence-corrected chi connectivity index (χ0v) is 20.5. The summed E-state index contributed by atoms with van der Waals surface area (Å²) in [6, 6.07) is -2.71. The molecule has 0 aromatic heterocycles. The summed E-state index contributed by atoms with van der Waals surface area (Å²) in [5, 5.41) is -1.12. The molecule has 0 aliphatic rings. The van der Waals surface area contributed by atoms with E-state index < -0.39 is 148 Å². The fourth-order valence-corrected chi connectivity index (χ4v) is 5.28. The van der Waals surface area contributed by atoms with Gasteiger partial charge < -0.3 is 0 Å². The minimum absolute atomic E-state index is 0.00543. The predicted octanol–water partition coefficient (Wildman–Crippen LogP) is 11.3. The van der Waals surface area contributed by atoms with E-state index in [9.17, 15) is 9.60 Å². The Morgan fingerprint density at radius 3 is 1.45 bits per heavy atom. The second-order valence-corrected chi connectivity index (χ2v) is 9.03. The van der Waals surface area contributed by atoms with E-state index in [4.69, 9.17) is 16.4 Å². The fourth-order valence-electron chi connectivity index (χ4n) is 5.28. The van der Waals surface area contributed by atoms with Crippen LogP contribution in [0.5, 0.6) is 0 Å². The normalized spacial score (nSPS) is 18.1. The summed E-state index contributed by atoms with van der Waals surface area (Å²) >= 11 is 0. The van der Waals surface area contributed by atoms with Gasteiger partial charge in [-0.05, 0) is 76.5 Å². The Hall–Kier alpha value is -5.20. The first-order valence-electron chi connectivity index (χ1n) is 21.8. The molecule has 186 valence electrons. The van der Waals surface area contributed by atoms with Crippen LogP contribution in [0.3, 0.4) is 0 Å². The zero-order valence-electron chi connectivity index (χ0n) is 39.5. The first-order valence-corrected chi connectivity index (χ1v) is 12.3. The monoisotopic (exact) mass is 525 g/mol. The summed E-state index contributed by atoms with van der Waals surface area (Å²) in [4.78, 5) is 0. The second kappa shape index (κ2) is 9.22. The van der Waals surface area contributed by atoms with Gasteiger partial charge in [-0.25, -0.2) is 0 Å². The second-order valence-electron chi connectivity index (χ2n) is 9.03. The maximum Gasteiger partial charge on any atom is 0.0630 e. The minimum Gasteiger partial charge on any atom is -0.0622 e. The van der Waals surface area contributed by atoms with E-state index in [1.54, 1.807) is 42.5 Å². The highest BCUT2D eigenvalue weighted by molar-refractivity contribution is 6.25. The number of hydrogen-bond donors (Lipinski definition) is 0. The summed E-state index contributed by atoms with van der Waals surface area (Å²) in [7, 11) is 0. The van der Waals surface area contributed by atoms with Crippen molar-refractivity contribution in [2.75, 3.05) is 0 Å². The van der Waals surface area contributed by atoms with Gasteiger partial charge in [0, 0.05) is 0 Å². The molecule has 0 unspecified atom stereocenters. The fraction of sp³-hybridized carbons (Fsp3) is 0. The van der Waals surface area contributed by atoms with Crippen molar-refractivity contribution in [2.24, 2.45) is 0 Å². The third-order valence-electron chi connectivity index (χ3n) is 6.93. The molecule has 0 N–H and O–H groups in total. The SMILES string of the molecule is [2H]c1c([2H])c([2H])c(-c2c([2H])c([2H])c(-c3c4c([2H])c([2H])c([2H])c([2H])c4c(-c4cccc5ccccc45)c4c([2H])c([2H])c([2H])c([2H])c34)c3c([2H])c([2H])c([2H])c([2H])c23)c([2H])c1[2H]. The van der Waals surface area contributed by atoms with Gasteiger partial charge in [0.1, 0.15) is 0 Å². The van der Waals surface area contributed by atoms with Crippen molar-refractivity contribution < 1.29 is 26.0 Å². The molecule has 0 radical (unpaired) electrons. The lowest BCUT2D eigenvalue weighted by molar-refractivity contribution is 1.64. The number of rotatable bonds is 3. The lowest BCUT2D eigenvalue weighted by Gasteiger charge is -2.20. The van der Waals surface area contributed by atoms with Gasteiger partial charge in [-0.2, -0.15) is 0 Å². The predicted molar refractivity (Wildman–Crippen MR) is 173 cm³/mol. The van der Waals surface area contributed by atoms with Crippen LogP contribution < -0.4 is 0 Å². The molecule has 0 saturated carbocycles. The Kier molecular flexibility index (Phi) is 2.48. The molecule has 8 aromatic rings. The van der Waals surface area contributed by atoms with Gasteiger partial charge in [0.25, 0.3) is 0 Å². The van der Waals surface area contributed by atoms with Gasteiger partial charge in [0.2, 0.25) is 0 Å². The molecule has 0 atom stereocenters. The molecule has 0 spiro atoms. The number of fused-ring (bicyclic) bond motifs is 4. The average molecular weight is 526 g/mol. The summed E-state index contributed by atoms with van der Waals surface area (Å²) in [5.74, 6) is 0. The molecule has 40 heavy (non-hydrogen) atoms. The van der Waals surface area contributed by atoms with Gasteiger partial charge >= 0.3 is 0 Å². The Morgan fingerprint density at radius 2 is 0.800 bits per heavy atom. The Bertz CT molecular complexity index is 3150. The van der Waals surface area contributed by atoms with Crippen LogP contribution in [0.1, 0.15) is 26.0 Å². The van der Waals surface area contributed by atoms with Crippen molar-refractivity contribution in [2.45, 2.75) is 0 Å². The van der Waals surface area contributed by atoms with E-state index in [2.05, 4.69) is 0 Å². The van der Waals surface area contributed by atoms with E-state index in [1.165, 1.54) is 0 Å². The van der Waals surface area contributed by atoms with Crippen molar-refractivity contribution in [3.63, 3.8) is 0 Å². The van der Waals surface area contributed by atoms with Gasteiger partial charge in [0.05, 0.1) is 26.0 Å². The topological polar surface area (TPSA) is 0 Å². The maximum atomic E-state index is 9.63. The van der Waals surface area contributed by atoms with Gasteiger partial charge in [-0.1, -0.05) is 157 Å². The van der Waals surface area contributed by atoms with E-state index in [0.29, 0.717) is 16.3 Å². The van der Waals surface area contributed by atoms with Crippen molar-refractivity contribution in [3.05, 3.63) is 157 Å². The van der Waals surface area contributed by atoms with Crippen molar-refractivity contribution in [1.82, 2.24) is 0 Å². The van der Waals surface area contributed by atoms with E-state index in [0.717, 1.165) is 0 Å². The van der Waals surface area contributed by atoms with Gasteiger partial charge in [-0.15, -0.1) is 0 Å². The Morgan fingerprint density at radius 1 is 0.325 bits per heavy atom. The first kappa shape index (κ1) is 10.8. The molecule has 0 bridgehead atoms. The van der Waals surface area contributed by atoms with Crippen molar-refractivity contribution >= 4 is 43.1 Å². The zero-order chi connectivity index (χ0) is 43.0. The molecule has 0 nitrogen and oxygen atoms in total. The minimum atomic E-state index is -0.892. The summed E-state index contributed by atoms with van der Waals surface area (Å²) in [6.07, 6.45) is 0. The van der Waals surface area contributed by atoms with E-state index >= 15 is 0 Å². The standard InChI is InChI=1S/C40H26/c1-2-13-27(14-3-1)30-25-26-38(32-19-7-6-18-31(30)32)40-36-22-10-8-20-34(36)39(35-21-9-11-23-37(35)40)33-24-12-16-28-15-4-5-17-29(28)33/h1-26H/i1D,2D,3D,6D,7D,8D,9D,10D,11D,13D,14D,18D,19D,20D,21D,22D,23D,25D,26D. The lowest BCUT2D eigenvalue weighted by Crippen LogP contribution is -1.93. The molecule has 0 fully saturated rings. The third-order valence-corrected chi connectivity index (χ3v) is 6.93. The number of benzene rings is 8. The summed E-state index contributed by atoms with van der Waals surface area (Å²) in [5.41, 5.74) is -1.95. The van der Waals surface area contributed by atoms with Crippen LogP contribution in [0.25, 0.3) is 76.5 Å². The molecule has 0 aliphatic heterocycles. The largest absolute Gasteiger partial charge is 0.0630 e. The van der Waals surface area contributed by atoms with Crippen molar-refractivity contribution in [3.8, 4) is 33.4 Å². The van der Waals surface area contributed by atoms with Crippen LogP contribution in [0.2, 0.25) is 0 Å². The smallest absolute Gasteiger partial charge is 0.0622 e. The molecular formula is C40H26. The highest BCUT2D eigenvalue weighted by Crippen LogP contribution is 2.47. The molecule has 0 amide bonds. The van der Waals surface area contributed by atoms with Crippen LogP contribution in [0.4, 0.5) is 0 Å². The van der Waals surface area contributed by atoms with Crippen LogP contribution in [-0.2, 0) is 0 Å². The quantitative estimate of drug-likeness (QED) is 0.201. The molecule has 8 rings (SSSR count). The van der Waals surface area contributed by atoms with Crippen molar-refractivity contribution in [1.29, 1.82) is 0 Å². The van der Waals surface area contributed by atoms with Crippen LogP contribution in [0, 0.1) is 0 Å². The lowest BCUT2D eigenvalue weighted by atomic mass is 9.83. The number of hydrogen-bond acceptors (Lipinski definition) is 0. The molecule has 0 saturated heterocycles. The summed E-state index contributed by atoms with van der Waals surface area (Å²) in [6.45, 7) is 0. The van der Waals surface area contributed by atoms with Crippen LogP contribution in [-0.4, -0.2) is 0 Å². The Balaban J connectivity index is 1.78. The molecular weight excluding hydrogens is 480 g/mol. The Labute approximate surface area is 260 Å². The van der Waals surface area contributed by atoms with E-state index in [1.807, 2.05) is 0 Å². The molecule has 0 heteroatoms. The third kappa shape index (κ3) is 3.47. The van der Waals surface area contributed by atoms with Gasteiger partial charge in [0.15, 0.2) is 0 Å². The average Bonchev–Trinajstić information content (AvgIpc) is 3.23. The van der Waals surface area contributed by atoms with E-state index in [-0.39, 0.29) is 27.1 Å². The maximum absolute atomic E-state index is 9.63. The van der Waals surface area contributed by atoms with Crippen LogP contribution in [0.15, 0.2) is 157 Å². The first-order chi connectivity index (χ1) is 27.8. The molecule has 8 aromatic carbocycles.